The van der Waals surface area contributed by atoms with E-state index in [1.165, 1.54) is 7.11 Å². The van der Waals surface area contributed by atoms with E-state index in [1.807, 2.05) is 7.05 Å². The molecular formula is C12H21NO4. The number of rotatable bonds is 5. The Kier molecular flexibility index (Phi) is 4.93. The second-order valence-corrected chi connectivity index (χ2v) is 4.65. The van der Waals surface area contributed by atoms with E-state index in [1.54, 1.807) is 6.92 Å². The molecule has 0 aromatic carbocycles. The minimum absolute atomic E-state index is 0.0763. The minimum atomic E-state index is -0.460. The predicted molar refractivity (Wildman–Crippen MR) is 62.4 cm³/mol. The summed E-state index contributed by atoms with van der Waals surface area (Å²) in [7, 11) is 3.35. The third-order valence-corrected chi connectivity index (χ3v) is 3.76. The minimum Gasteiger partial charge on any atom is -0.469 e. The molecular weight excluding hydrogens is 222 g/mol. The topological polar surface area (TPSA) is 55.8 Å². The van der Waals surface area contributed by atoms with E-state index >= 15 is 0 Å². The van der Waals surface area contributed by atoms with Crippen molar-refractivity contribution in [1.29, 1.82) is 0 Å². The highest BCUT2D eigenvalue weighted by Crippen LogP contribution is 2.30. The molecule has 0 aliphatic carbocycles. The normalized spacial score (nSPS) is 28.5. The maximum atomic E-state index is 11.8. The van der Waals surface area contributed by atoms with Gasteiger partial charge in [-0.2, -0.15) is 0 Å². The van der Waals surface area contributed by atoms with Gasteiger partial charge in [-0.1, -0.05) is 0 Å². The van der Waals surface area contributed by atoms with Crippen LogP contribution in [0.3, 0.4) is 0 Å². The third-order valence-electron chi connectivity index (χ3n) is 3.76. The highest BCUT2D eigenvalue weighted by atomic mass is 16.5. The van der Waals surface area contributed by atoms with Gasteiger partial charge in [0.05, 0.1) is 7.11 Å². The lowest BCUT2D eigenvalue weighted by molar-refractivity contribution is -0.156. The van der Waals surface area contributed by atoms with E-state index in [2.05, 4.69) is 11.8 Å². The Morgan fingerprint density at radius 3 is 2.53 bits per heavy atom. The highest BCUT2D eigenvalue weighted by molar-refractivity contribution is 5.74. The lowest BCUT2D eigenvalue weighted by atomic mass is 9.92. The van der Waals surface area contributed by atoms with Gasteiger partial charge >= 0.3 is 5.97 Å². The number of carbonyl (C=O) groups excluding carboxylic acids is 2. The van der Waals surface area contributed by atoms with Crippen molar-refractivity contribution >= 4 is 12.4 Å². The van der Waals surface area contributed by atoms with Crippen LogP contribution in [-0.4, -0.2) is 49.7 Å². The van der Waals surface area contributed by atoms with Crippen molar-refractivity contribution in [1.82, 2.24) is 4.90 Å². The second kappa shape index (κ2) is 6.00. The highest BCUT2D eigenvalue weighted by Gasteiger charge is 2.41. The Labute approximate surface area is 102 Å². The number of hydrogen-bond acceptors (Lipinski definition) is 5. The van der Waals surface area contributed by atoms with E-state index in [-0.39, 0.29) is 12.0 Å². The van der Waals surface area contributed by atoms with Gasteiger partial charge in [-0.3, -0.25) is 14.5 Å². The number of methoxy groups -OCH3 is 1. The van der Waals surface area contributed by atoms with Gasteiger partial charge in [0, 0.05) is 12.1 Å². The number of nitrogens with zero attached hydrogens (tertiary/aromatic N) is 1. The molecule has 0 N–H and O–H groups in total. The Morgan fingerprint density at radius 2 is 2.12 bits per heavy atom. The molecule has 0 unspecified atom stereocenters. The molecule has 1 heterocycles. The van der Waals surface area contributed by atoms with Crippen LogP contribution < -0.4 is 0 Å². The first-order chi connectivity index (χ1) is 8.02. The van der Waals surface area contributed by atoms with Gasteiger partial charge < -0.3 is 9.47 Å². The lowest BCUT2D eigenvalue weighted by Crippen LogP contribution is -2.45. The zero-order valence-corrected chi connectivity index (χ0v) is 10.9. The number of likely N-dealkylation sites (tertiary alicyclic amines) is 1. The number of esters is 1. The Morgan fingerprint density at radius 1 is 1.47 bits per heavy atom. The summed E-state index contributed by atoms with van der Waals surface area (Å²) in [5.74, 6) is -0.731. The lowest BCUT2D eigenvalue weighted by Gasteiger charge is -2.31. The fourth-order valence-corrected chi connectivity index (χ4v) is 2.55. The molecule has 1 aliphatic rings. The van der Waals surface area contributed by atoms with E-state index in [0.29, 0.717) is 12.5 Å². The van der Waals surface area contributed by atoms with Gasteiger partial charge in [0.15, 0.2) is 0 Å². The molecule has 0 amide bonds. The third kappa shape index (κ3) is 2.97. The summed E-state index contributed by atoms with van der Waals surface area (Å²) in [5.41, 5.74) is 0. The van der Waals surface area contributed by atoms with Gasteiger partial charge in [-0.25, -0.2) is 0 Å². The molecule has 0 aromatic heterocycles. The average Bonchev–Trinajstić information content (AvgIpc) is 2.61. The molecule has 5 heteroatoms. The van der Waals surface area contributed by atoms with E-state index in [4.69, 9.17) is 9.47 Å². The first-order valence-corrected chi connectivity index (χ1v) is 5.91. The molecule has 0 bridgehead atoms. The average molecular weight is 243 g/mol. The maximum Gasteiger partial charge on any atom is 0.314 e. The van der Waals surface area contributed by atoms with Crippen LogP contribution in [0.4, 0.5) is 0 Å². The van der Waals surface area contributed by atoms with Crippen molar-refractivity contribution < 1.29 is 19.1 Å². The van der Waals surface area contributed by atoms with Gasteiger partial charge in [0.2, 0.25) is 0 Å². The summed E-state index contributed by atoms with van der Waals surface area (Å²) in [6.07, 6.45) is 1.50. The molecule has 1 saturated heterocycles. The maximum absolute atomic E-state index is 11.8. The Hall–Kier alpha value is -1.10. The number of carbonyl (C=O) groups is 2. The molecule has 0 saturated carbocycles. The van der Waals surface area contributed by atoms with Crippen LogP contribution >= 0.6 is 0 Å². The molecule has 5 nitrogen and oxygen atoms in total. The Bertz CT molecular complexity index is 282. The molecule has 4 atom stereocenters. The summed E-state index contributed by atoms with van der Waals surface area (Å²) >= 11 is 0. The second-order valence-electron chi connectivity index (χ2n) is 4.65. The fraction of sp³-hybridized carbons (Fsp3) is 0.833. The van der Waals surface area contributed by atoms with Gasteiger partial charge in [0.1, 0.15) is 12.0 Å². The van der Waals surface area contributed by atoms with Crippen molar-refractivity contribution in [2.24, 2.45) is 5.92 Å². The smallest absolute Gasteiger partial charge is 0.314 e. The van der Waals surface area contributed by atoms with Crippen LogP contribution in [0, 0.1) is 5.92 Å². The summed E-state index contributed by atoms with van der Waals surface area (Å²) in [4.78, 5) is 24.4. The van der Waals surface area contributed by atoms with Crippen LogP contribution in [0.5, 0.6) is 0 Å². The number of hydrogen-bond donors (Lipinski definition) is 0. The Balaban J connectivity index is 2.82. The van der Waals surface area contributed by atoms with Crippen LogP contribution in [0.2, 0.25) is 0 Å². The van der Waals surface area contributed by atoms with E-state index in [0.717, 1.165) is 12.8 Å². The molecule has 0 spiro atoms. The van der Waals surface area contributed by atoms with E-state index in [9.17, 15) is 9.59 Å². The van der Waals surface area contributed by atoms with Crippen molar-refractivity contribution in [3.63, 3.8) is 0 Å². The van der Waals surface area contributed by atoms with Crippen molar-refractivity contribution in [2.75, 3.05) is 14.2 Å². The molecule has 17 heavy (non-hydrogen) atoms. The summed E-state index contributed by atoms with van der Waals surface area (Å²) in [5, 5.41) is 0. The molecule has 1 aliphatic heterocycles. The first-order valence-electron chi connectivity index (χ1n) is 5.91. The zero-order valence-electron chi connectivity index (χ0n) is 10.9. The quantitative estimate of drug-likeness (QED) is 0.528. The van der Waals surface area contributed by atoms with Gasteiger partial charge in [-0.15, -0.1) is 0 Å². The monoisotopic (exact) mass is 243 g/mol. The first kappa shape index (κ1) is 14.0. The number of ether oxygens (including phenoxy) is 2. The standard InChI is InChI=1S/C12H21NO4/c1-8-5-6-10(13(8)3)11(12(15)16-4)9(2)17-7-14/h7-11H,5-6H2,1-4H3/t8-,9-,10+,11-/m0/s1. The van der Waals surface area contributed by atoms with Crippen LogP contribution in [-0.2, 0) is 19.1 Å². The van der Waals surface area contributed by atoms with Crippen LogP contribution in [0.1, 0.15) is 26.7 Å². The molecule has 98 valence electrons. The van der Waals surface area contributed by atoms with E-state index < -0.39 is 12.0 Å². The van der Waals surface area contributed by atoms with Gasteiger partial charge in [0.25, 0.3) is 6.47 Å². The van der Waals surface area contributed by atoms with Crippen LogP contribution in [0.25, 0.3) is 0 Å². The molecule has 0 radical (unpaired) electrons. The zero-order chi connectivity index (χ0) is 13.0. The van der Waals surface area contributed by atoms with Crippen molar-refractivity contribution in [3.05, 3.63) is 0 Å². The summed E-state index contributed by atoms with van der Waals surface area (Å²) in [6.45, 7) is 4.24. The predicted octanol–water partition coefficient (Wildman–Crippen LogP) is 0.820. The fourth-order valence-electron chi connectivity index (χ4n) is 2.55. The van der Waals surface area contributed by atoms with Crippen molar-refractivity contribution in [2.45, 2.75) is 44.9 Å². The molecule has 0 aromatic rings. The molecule has 1 fully saturated rings. The summed E-state index contributed by atoms with van der Waals surface area (Å²) < 4.78 is 9.73. The summed E-state index contributed by atoms with van der Waals surface area (Å²) in [6, 6.07) is 0.517. The van der Waals surface area contributed by atoms with Crippen molar-refractivity contribution in [3.8, 4) is 0 Å². The van der Waals surface area contributed by atoms with Crippen LogP contribution in [0.15, 0.2) is 0 Å². The largest absolute Gasteiger partial charge is 0.469 e. The van der Waals surface area contributed by atoms with Gasteiger partial charge in [-0.05, 0) is 33.7 Å². The SMILES string of the molecule is COC(=O)[C@@H]([C@H](C)OC=O)[C@H]1CC[C@H](C)N1C. The molecule has 1 rings (SSSR count).